The van der Waals surface area contributed by atoms with Gasteiger partial charge in [-0.2, -0.15) is 0 Å². The Labute approximate surface area is 226 Å². The van der Waals surface area contributed by atoms with Gasteiger partial charge in [0.15, 0.2) is 5.54 Å². The van der Waals surface area contributed by atoms with Gasteiger partial charge in [0.1, 0.15) is 23.9 Å². The van der Waals surface area contributed by atoms with E-state index >= 15 is 0 Å². The summed E-state index contributed by atoms with van der Waals surface area (Å²) in [6, 6.07) is 20.0. The van der Waals surface area contributed by atoms with Crippen molar-refractivity contribution >= 4 is 22.0 Å². The highest BCUT2D eigenvalue weighted by Gasteiger charge is 2.54. The average molecular weight is 554 g/mol. The molecule has 1 saturated carbocycles. The standard InChI is InChI=1S/C29H28FNO7S/c1-2-36-27(32)17-20-31(29(18-6-19-29)28(33)37-21-22-7-4-3-5-8-22)39(34,35)26-15-13-25(14-16-26)38-24-11-9-23(30)10-12-24/h3-5,7-17,20H,2,6,18-19,21H2,1H3/b20-17+. The summed E-state index contributed by atoms with van der Waals surface area (Å²) in [5.41, 5.74) is -0.756. The molecule has 0 atom stereocenters. The van der Waals surface area contributed by atoms with Gasteiger partial charge in [-0.25, -0.2) is 22.4 Å². The molecule has 1 aliphatic rings. The summed E-state index contributed by atoms with van der Waals surface area (Å²) < 4.78 is 57.9. The third-order valence-corrected chi connectivity index (χ3v) is 8.11. The summed E-state index contributed by atoms with van der Waals surface area (Å²) in [5.74, 6) is -1.15. The van der Waals surface area contributed by atoms with E-state index in [0.717, 1.165) is 22.1 Å². The number of ether oxygens (including phenoxy) is 3. The van der Waals surface area contributed by atoms with E-state index in [1.165, 1.54) is 48.5 Å². The third-order valence-electron chi connectivity index (χ3n) is 6.26. The van der Waals surface area contributed by atoms with E-state index in [2.05, 4.69) is 0 Å². The predicted molar refractivity (Wildman–Crippen MR) is 141 cm³/mol. The van der Waals surface area contributed by atoms with Crippen LogP contribution < -0.4 is 4.74 Å². The van der Waals surface area contributed by atoms with Crippen LogP contribution in [0, 0.1) is 5.82 Å². The molecule has 4 rings (SSSR count). The van der Waals surface area contributed by atoms with Crippen molar-refractivity contribution in [3.05, 3.63) is 103 Å². The van der Waals surface area contributed by atoms with E-state index in [1.54, 1.807) is 19.1 Å². The molecule has 10 heteroatoms. The molecule has 0 heterocycles. The highest BCUT2D eigenvalue weighted by molar-refractivity contribution is 7.89. The number of hydrogen-bond donors (Lipinski definition) is 0. The molecule has 1 aliphatic carbocycles. The molecule has 8 nitrogen and oxygen atoms in total. The zero-order chi connectivity index (χ0) is 27.9. The van der Waals surface area contributed by atoms with Crippen molar-refractivity contribution in [3.63, 3.8) is 0 Å². The quantitative estimate of drug-likeness (QED) is 0.233. The minimum absolute atomic E-state index is 0.0215. The van der Waals surface area contributed by atoms with Crippen LogP contribution >= 0.6 is 0 Å². The van der Waals surface area contributed by atoms with Crippen molar-refractivity contribution in [2.24, 2.45) is 0 Å². The SMILES string of the molecule is CCOC(=O)/C=C/N(C1(C(=O)OCc2ccccc2)CCC1)S(=O)(=O)c1ccc(Oc2ccc(F)cc2)cc1. The summed E-state index contributed by atoms with van der Waals surface area (Å²) in [6.45, 7) is 1.71. The molecule has 204 valence electrons. The summed E-state index contributed by atoms with van der Waals surface area (Å²) in [7, 11) is -4.32. The van der Waals surface area contributed by atoms with Gasteiger partial charge in [0, 0.05) is 12.3 Å². The molecule has 3 aromatic rings. The maximum atomic E-state index is 13.9. The minimum atomic E-state index is -4.32. The molecule has 39 heavy (non-hydrogen) atoms. The Bertz CT molecular complexity index is 1420. The van der Waals surface area contributed by atoms with Gasteiger partial charge in [0.05, 0.1) is 11.5 Å². The lowest BCUT2D eigenvalue weighted by molar-refractivity contribution is -0.160. The number of halogens is 1. The third kappa shape index (κ3) is 6.46. The molecule has 0 unspecified atom stereocenters. The van der Waals surface area contributed by atoms with Crippen LogP contribution in [0.5, 0.6) is 11.5 Å². The molecule has 3 aromatic carbocycles. The highest BCUT2D eigenvalue weighted by Crippen LogP contribution is 2.43. The number of sulfonamides is 1. The molecule has 0 bridgehead atoms. The van der Waals surface area contributed by atoms with Crippen molar-refractivity contribution in [1.82, 2.24) is 4.31 Å². The van der Waals surface area contributed by atoms with Crippen molar-refractivity contribution < 1.29 is 36.6 Å². The Balaban J connectivity index is 1.62. The lowest BCUT2D eigenvalue weighted by atomic mass is 9.76. The van der Waals surface area contributed by atoms with E-state index in [1.807, 2.05) is 18.2 Å². The zero-order valence-corrected chi connectivity index (χ0v) is 22.1. The Morgan fingerprint density at radius 1 is 0.923 bits per heavy atom. The molecular formula is C29H28FNO7S. The van der Waals surface area contributed by atoms with E-state index in [9.17, 15) is 22.4 Å². The lowest BCUT2D eigenvalue weighted by Crippen LogP contribution is -2.59. The number of nitrogens with zero attached hydrogens (tertiary/aromatic N) is 1. The van der Waals surface area contributed by atoms with Crippen LogP contribution in [0.1, 0.15) is 31.7 Å². The van der Waals surface area contributed by atoms with Gasteiger partial charge in [-0.1, -0.05) is 30.3 Å². The van der Waals surface area contributed by atoms with Crippen LogP contribution in [0.2, 0.25) is 0 Å². The fourth-order valence-corrected chi connectivity index (χ4v) is 5.73. The van der Waals surface area contributed by atoms with Crippen molar-refractivity contribution in [3.8, 4) is 11.5 Å². The van der Waals surface area contributed by atoms with Crippen molar-refractivity contribution in [2.45, 2.75) is 43.2 Å². The number of hydrogen-bond acceptors (Lipinski definition) is 7. The van der Waals surface area contributed by atoms with Crippen LogP contribution in [0.15, 0.2) is 96.0 Å². The van der Waals surface area contributed by atoms with Gasteiger partial charge in [-0.05, 0) is 80.3 Å². The van der Waals surface area contributed by atoms with Crippen LogP contribution in [0.3, 0.4) is 0 Å². The van der Waals surface area contributed by atoms with Crippen molar-refractivity contribution in [1.29, 1.82) is 0 Å². The zero-order valence-electron chi connectivity index (χ0n) is 21.3. The fraction of sp³-hybridized carbons (Fsp3) is 0.241. The van der Waals surface area contributed by atoms with Gasteiger partial charge in [-0.15, -0.1) is 0 Å². The van der Waals surface area contributed by atoms with Crippen molar-refractivity contribution in [2.75, 3.05) is 6.61 Å². The molecule has 0 spiro atoms. The summed E-state index contributed by atoms with van der Waals surface area (Å²) in [5, 5.41) is 0. The number of carbonyl (C=O) groups excluding carboxylic acids is 2. The second-order valence-electron chi connectivity index (χ2n) is 8.84. The first-order valence-electron chi connectivity index (χ1n) is 12.4. The Hall–Kier alpha value is -4.18. The van der Waals surface area contributed by atoms with Gasteiger partial charge in [0.2, 0.25) is 0 Å². The van der Waals surface area contributed by atoms with E-state index < -0.39 is 33.3 Å². The minimum Gasteiger partial charge on any atom is -0.463 e. The fourth-order valence-electron chi connectivity index (χ4n) is 4.09. The largest absolute Gasteiger partial charge is 0.463 e. The van der Waals surface area contributed by atoms with Gasteiger partial charge >= 0.3 is 11.9 Å². The van der Waals surface area contributed by atoms with Crippen LogP contribution in [0.25, 0.3) is 0 Å². The number of benzene rings is 3. The monoisotopic (exact) mass is 553 g/mol. The summed E-state index contributed by atoms with van der Waals surface area (Å²) in [4.78, 5) is 25.3. The Morgan fingerprint density at radius 2 is 1.54 bits per heavy atom. The summed E-state index contributed by atoms with van der Waals surface area (Å²) >= 11 is 0. The number of esters is 2. The normalized spacial score (nSPS) is 14.3. The highest BCUT2D eigenvalue weighted by atomic mass is 32.2. The van der Waals surface area contributed by atoms with Crippen LogP contribution in [0.4, 0.5) is 4.39 Å². The molecule has 0 radical (unpaired) electrons. The lowest BCUT2D eigenvalue weighted by Gasteiger charge is -2.46. The summed E-state index contributed by atoms with van der Waals surface area (Å²) in [6.07, 6.45) is 3.10. The molecule has 0 saturated heterocycles. The maximum absolute atomic E-state index is 13.9. The maximum Gasteiger partial charge on any atom is 0.333 e. The molecule has 0 aromatic heterocycles. The second kappa shape index (κ2) is 12.1. The topological polar surface area (TPSA) is 99.2 Å². The molecular weight excluding hydrogens is 525 g/mol. The molecule has 1 fully saturated rings. The van der Waals surface area contributed by atoms with E-state index in [0.29, 0.717) is 17.9 Å². The smallest absolute Gasteiger partial charge is 0.333 e. The number of rotatable bonds is 11. The Kier molecular flexibility index (Phi) is 8.65. The van der Waals surface area contributed by atoms with Gasteiger partial charge in [0.25, 0.3) is 10.0 Å². The second-order valence-corrected chi connectivity index (χ2v) is 10.7. The Morgan fingerprint density at radius 3 is 2.10 bits per heavy atom. The van der Waals surface area contributed by atoms with E-state index in [-0.39, 0.29) is 31.0 Å². The molecule has 0 amide bonds. The molecule has 0 aliphatic heterocycles. The first kappa shape index (κ1) is 27.8. The van der Waals surface area contributed by atoms with Gasteiger partial charge in [-0.3, -0.25) is 4.31 Å². The molecule has 0 N–H and O–H groups in total. The average Bonchev–Trinajstić information content (AvgIpc) is 2.91. The van der Waals surface area contributed by atoms with E-state index in [4.69, 9.17) is 14.2 Å². The first-order chi connectivity index (χ1) is 18.7. The van der Waals surface area contributed by atoms with Crippen LogP contribution in [-0.4, -0.2) is 36.8 Å². The first-order valence-corrected chi connectivity index (χ1v) is 13.8. The van der Waals surface area contributed by atoms with Gasteiger partial charge < -0.3 is 14.2 Å². The van der Waals surface area contributed by atoms with Crippen LogP contribution in [-0.2, 0) is 35.7 Å². The predicted octanol–water partition coefficient (Wildman–Crippen LogP) is 5.35. The number of carbonyl (C=O) groups is 2.